The smallest absolute Gasteiger partial charge is 0.274 e. The fourth-order valence-corrected chi connectivity index (χ4v) is 1.50. The summed E-state index contributed by atoms with van der Waals surface area (Å²) in [6.07, 6.45) is 0. The second-order valence-corrected chi connectivity index (χ2v) is 4.45. The van der Waals surface area contributed by atoms with Crippen LogP contribution in [0.15, 0.2) is 6.58 Å². The van der Waals surface area contributed by atoms with Crippen LogP contribution in [0.1, 0.15) is 31.2 Å². The van der Waals surface area contributed by atoms with E-state index in [1.165, 1.54) is 0 Å². The minimum absolute atomic E-state index is 0.0411. The summed E-state index contributed by atoms with van der Waals surface area (Å²) >= 11 is 1.92. The van der Waals surface area contributed by atoms with Crippen molar-refractivity contribution >= 4 is 31.9 Å². The SMILES string of the molecule is C=C(I)c1n[nH]c(C(C)C)c1[N+](=O)[O-]. The van der Waals surface area contributed by atoms with Crippen LogP contribution < -0.4 is 0 Å². The molecule has 0 fully saturated rings. The van der Waals surface area contributed by atoms with E-state index in [2.05, 4.69) is 16.8 Å². The zero-order valence-electron chi connectivity index (χ0n) is 7.87. The average Bonchev–Trinajstić information content (AvgIpc) is 2.46. The van der Waals surface area contributed by atoms with Gasteiger partial charge in [0.05, 0.1) is 4.92 Å². The molecule has 0 saturated carbocycles. The van der Waals surface area contributed by atoms with Crippen molar-refractivity contribution in [1.29, 1.82) is 0 Å². The van der Waals surface area contributed by atoms with Crippen LogP contribution in [0, 0.1) is 10.1 Å². The van der Waals surface area contributed by atoms with E-state index in [0.717, 1.165) is 0 Å². The summed E-state index contributed by atoms with van der Waals surface area (Å²) in [6, 6.07) is 0. The number of nitro groups is 1. The number of H-pyrrole nitrogens is 1. The van der Waals surface area contributed by atoms with E-state index in [1.807, 2.05) is 36.4 Å². The molecule has 0 spiro atoms. The molecule has 0 radical (unpaired) electrons. The van der Waals surface area contributed by atoms with Gasteiger partial charge in [-0.25, -0.2) is 0 Å². The van der Waals surface area contributed by atoms with E-state index >= 15 is 0 Å². The first-order valence-electron chi connectivity index (χ1n) is 4.02. The number of hydrogen-bond donors (Lipinski definition) is 1. The number of hydrogen-bond acceptors (Lipinski definition) is 3. The Morgan fingerprint density at radius 3 is 2.64 bits per heavy atom. The maximum Gasteiger partial charge on any atom is 0.318 e. The van der Waals surface area contributed by atoms with Crippen LogP contribution in [0.4, 0.5) is 5.69 Å². The lowest BCUT2D eigenvalue weighted by atomic mass is 10.1. The normalized spacial score (nSPS) is 10.6. The average molecular weight is 307 g/mol. The molecule has 0 aliphatic carbocycles. The molecule has 0 atom stereocenters. The molecule has 76 valence electrons. The molecular weight excluding hydrogens is 297 g/mol. The van der Waals surface area contributed by atoms with Gasteiger partial charge < -0.3 is 0 Å². The van der Waals surface area contributed by atoms with Crippen molar-refractivity contribution in [2.24, 2.45) is 0 Å². The molecule has 1 heterocycles. The van der Waals surface area contributed by atoms with Crippen molar-refractivity contribution in [3.05, 3.63) is 28.1 Å². The second-order valence-electron chi connectivity index (χ2n) is 3.15. The lowest BCUT2D eigenvalue weighted by Crippen LogP contribution is -1.96. The monoisotopic (exact) mass is 307 g/mol. The number of aromatic amines is 1. The highest BCUT2D eigenvalue weighted by atomic mass is 127. The lowest BCUT2D eigenvalue weighted by Gasteiger charge is -1.99. The minimum Gasteiger partial charge on any atom is -0.274 e. The predicted octanol–water partition coefficient (Wildman–Crippen LogP) is 2.85. The van der Waals surface area contributed by atoms with Gasteiger partial charge in [0, 0.05) is 9.50 Å². The van der Waals surface area contributed by atoms with Gasteiger partial charge >= 0.3 is 5.69 Å². The van der Waals surface area contributed by atoms with E-state index in [1.54, 1.807) is 0 Å². The Labute approximate surface area is 94.9 Å². The summed E-state index contributed by atoms with van der Waals surface area (Å²) in [4.78, 5) is 10.4. The molecule has 1 N–H and O–H groups in total. The molecule has 6 heteroatoms. The van der Waals surface area contributed by atoms with Gasteiger partial charge in [0.1, 0.15) is 5.69 Å². The third kappa shape index (κ3) is 1.94. The summed E-state index contributed by atoms with van der Waals surface area (Å²) < 4.78 is 0.567. The highest BCUT2D eigenvalue weighted by Crippen LogP contribution is 2.33. The number of aromatic nitrogens is 2. The van der Waals surface area contributed by atoms with Crippen molar-refractivity contribution in [1.82, 2.24) is 10.2 Å². The molecule has 0 saturated heterocycles. The Kier molecular flexibility index (Phi) is 3.25. The van der Waals surface area contributed by atoms with Crippen molar-refractivity contribution in [2.45, 2.75) is 19.8 Å². The van der Waals surface area contributed by atoms with E-state index in [4.69, 9.17) is 0 Å². The molecule has 1 rings (SSSR count). The first-order valence-corrected chi connectivity index (χ1v) is 5.10. The van der Waals surface area contributed by atoms with Crippen LogP contribution in [0.25, 0.3) is 3.58 Å². The van der Waals surface area contributed by atoms with Crippen LogP contribution in [-0.2, 0) is 0 Å². The molecule has 5 nitrogen and oxygen atoms in total. The lowest BCUT2D eigenvalue weighted by molar-refractivity contribution is -0.385. The highest BCUT2D eigenvalue weighted by molar-refractivity contribution is 14.1. The number of rotatable bonds is 3. The minimum atomic E-state index is -0.419. The fraction of sp³-hybridized carbons (Fsp3) is 0.375. The molecule has 0 amide bonds. The van der Waals surface area contributed by atoms with Crippen LogP contribution in [0.5, 0.6) is 0 Å². The Bertz CT molecular complexity index is 384. The predicted molar refractivity (Wildman–Crippen MR) is 62.4 cm³/mol. The summed E-state index contributed by atoms with van der Waals surface area (Å²) in [5.41, 5.74) is 0.918. The standard InChI is InChI=1S/C8H10IN3O2/c1-4(2)6-8(12(13)14)7(5(3)9)11-10-6/h4H,3H2,1-2H3,(H,10,11). The molecule has 0 aromatic carbocycles. The zero-order valence-corrected chi connectivity index (χ0v) is 10.0. The van der Waals surface area contributed by atoms with Gasteiger partial charge in [0.25, 0.3) is 0 Å². The number of nitrogens with zero attached hydrogens (tertiary/aromatic N) is 2. The van der Waals surface area contributed by atoms with E-state index in [0.29, 0.717) is 15.0 Å². The molecule has 1 aromatic rings. The van der Waals surface area contributed by atoms with Gasteiger partial charge in [-0.3, -0.25) is 15.2 Å². The van der Waals surface area contributed by atoms with Crippen molar-refractivity contribution < 1.29 is 4.92 Å². The van der Waals surface area contributed by atoms with Crippen molar-refractivity contribution in [3.63, 3.8) is 0 Å². The van der Waals surface area contributed by atoms with Crippen LogP contribution >= 0.6 is 22.6 Å². The van der Waals surface area contributed by atoms with Gasteiger partial charge in [-0.2, -0.15) is 5.10 Å². The molecule has 0 aliphatic heterocycles. The zero-order chi connectivity index (χ0) is 10.9. The summed E-state index contributed by atoms with van der Waals surface area (Å²) in [5, 5.41) is 17.4. The summed E-state index contributed by atoms with van der Waals surface area (Å²) in [7, 11) is 0. The summed E-state index contributed by atoms with van der Waals surface area (Å²) in [6.45, 7) is 7.39. The molecule has 1 aromatic heterocycles. The third-order valence-corrected chi connectivity index (χ3v) is 2.30. The third-order valence-electron chi connectivity index (χ3n) is 1.78. The Morgan fingerprint density at radius 1 is 1.71 bits per heavy atom. The van der Waals surface area contributed by atoms with E-state index in [9.17, 15) is 10.1 Å². The van der Waals surface area contributed by atoms with E-state index < -0.39 is 4.92 Å². The Hall–Kier alpha value is -0.920. The number of nitrogens with one attached hydrogen (secondary N) is 1. The van der Waals surface area contributed by atoms with Crippen molar-refractivity contribution in [3.8, 4) is 0 Å². The molecule has 0 aliphatic rings. The number of halogens is 1. The quantitative estimate of drug-likeness (QED) is 0.530. The van der Waals surface area contributed by atoms with Crippen LogP contribution in [0.3, 0.4) is 0 Å². The van der Waals surface area contributed by atoms with E-state index in [-0.39, 0.29) is 11.6 Å². The van der Waals surface area contributed by atoms with Crippen LogP contribution in [-0.4, -0.2) is 15.1 Å². The first-order chi connectivity index (χ1) is 6.45. The molecule has 0 unspecified atom stereocenters. The van der Waals surface area contributed by atoms with Crippen molar-refractivity contribution in [2.75, 3.05) is 0 Å². The van der Waals surface area contributed by atoms with Gasteiger partial charge in [0.15, 0.2) is 5.69 Å². The molecule has 14 heavy (non-hydrogen) atoms. The largest absolute Gasteiger partial charge is 0.318 e. The topological polar surface area (TPSA) is 71.8 Å². The second kappa shape index (κ2) is 4.07. The highest BCUT2D eigenvalue weighted by Gasteiger charge is 2.26. The first kappa shape index (κ1) is 11.2. The fourth-order valence-electron chi connectivity index (χ4n) is 1.13. The van der Waals surface area contributed by atoms with Gasteiger partial charge in [-0.1, -0.05) is 20.4 Å². The molecule has 0 bridgehead atoms. The maximum absolute atomic E-state index is 10.8. The Morgan fingerprint density at radius 2 is 2.29 bits per heavy atom. The summed E-state index contributed by atoms with van der Waals surface area (Å²) in [5.74, 6) is 0.0485. The van der Waals surface area contributed by atoms with Gasteiger partial charge in [-0.15, -0.1) is 0 Å². The molecular formula is C8H10IN3O2. The van der Waals surface area contributed by atoms with Crippen LogP contribution in [0.2, 0.25) is 0 Å². The maximum atomic E-state index is 10.8. The Balaban J connectivity index is 3.35. The van der Waals surface area contributed by atoms with Gasteiger partial charge in [0.2, 0.25) is 0 Å². The van der Waals surface area contributed by atoms with Gasteiger partial charge in [-0.05, 0) is 22.6 Å².